The standard InChI is InChI=1S/C16H21N3O3/c1-21-13-2-3-15-11(7-13)6-12(16(20)18-15)9-19-4-5-22-14(8-17)10-19/h2-3,6-7,14H,4-5,8-10,17H2,1H3,(H,18,20)/t14-/m0/s1. The molecule has 1 saturated heterocycles. The molecule has 118 valence electrons. The molecule has 6 nitrogen and oxygen atoms in total. The Balaban J connectivity index is 1.86. The first-order chi connectivity index (χ1) is 10.7. The lowest BCUT2D eigenvalue weighted by molar-refractivity contribution is -0.0261. The Labute approximate surface area is 128 Å². The van der Waals surface area contributed by atoms with Gasteiger partial charge in [-0.15, -0.1) is 0 Å². The summed E-state index contributed by atoms with van der Waals surface area (Å²) in [5, 5.41) is 0.970. The van der Waals surface area contributed by atoms with E-state index in [1.165, 1.54) is 0 Å². The molecule has 0 radical (unpaired) electrons. The lowest BCUT2D eigenvalue weighted by Crippen LogP contribution is -2.45. The Hall–Kier alpha value is -1.89. The van der Waals surface area contributed by atoms with E-state index in [9.17, 15) is 4.79 Å². The number of H-pyrrole nitrogens is 1. The number of aromatic nitrogens is 1. The van der Waals surface area contributed by atoms with Gasteiger partial charge >= 0.3 is 0 Å². The third kappa shape index (κ3) is 3.14. The maximum absolute atomic E-state index is 12.2. The minimum atomic E-state index is -0.0477. The first-order valence-electron chi connectivity index (χ1n) is 7.43. The second-order valence-corrected chi connectivity index (χ2v) is 5.54. The number of hydrogen-bond donors (Lipinski definition) is 2. The van der Waals surface area contributed by atoms with Crippen LogP contribution in [0.25, 0.3) is 10.9 Å². The molecular weight excluding hydrogens is 282 g/mol. The van der Waals surface area contributed by atoms with Crippen LogP contribution in [0.5, 0.6) is 5.75 Å². The van der Waals surface area contributed by atoms with Crippen LogP contribution in [-0.4, -0.2) is 49.3 Å². The third-order valence-electron chi connectivity index (χ3n) is 4.01. The highest BCUT2D eigenvalue weighted by Crippen LogP contribution is 2.19. The van der Waals surface area contributed by atoms with Gasteiger partial charge in [-0.05, 0) is 24.3 Å². The van der Waals surface area contributed by atoms with Crippen molar-refractivity contribution in [1.29, 1.82) is 0 Å². The van der Waals surface area contributed by atoms with E-state index in [0.29, 0.717) is 19.7 Å². The summed E-state index contributed by atoms with van der Waals surface area (Å²) in [4.78, 5) is 17.4. The smallest absolute Gasteiger partial charge is 0.252 e. The number of fused-ring (bicyclic) bond motifs is 1. The largest absolute Gasteiger partial charge is 0.497 e. The van der Waals surface area contributed by atoms with E-state index in [4.69, 9.17) is 15.2 Å². The number of nitrogens with zero attached hydrogens (tertiary/aromatic N) is 1. The minimum absolute atomic E-state index is 0.0477. The van der Waals surface area contributed by atoms with E-state index in [1.54, 1.807) is 7.11 Å². The van der Waals surface area contributed by atoms with Crippen molar-refractivity contribution in [3.63, 3.8) is 0 Å². The maximum atomic E-state index is 12.2. The van der Waals surface area contributed by atoms with Gasteiger partial charge in [0.05, 0.1) is 19.8 Å². The highest BCUT2D eigenvalue weighted by Gasteiger charge is 2.20. The van der Waals surface area contributed by atoms with Crippen molar-refractivity contribution >= 4 is 10.9 Å². The van der Waals surface area contributed by atoms with Gasteiger partial charge in [-0.2, -0.15) is 0 Å². The van der Waals surface area contributed by atoms with Crippen LogP contribution < -0.4 is 16.0 Å². The summed E-state index contributed by atoms with van der Waals surface area (Å²) in [5.41, 5.74) is 7.18. The van der Waals surface area contributed by atoms with Gasteiger partial charge in [-0.1, -0.05) is 0 Å². The van der Waals surface area contributed by atoms with E-state index in [2.05, 4.69) is 9.88 Å². The predicted octanol–water partition coefficient (Wildman–Crippen LogP) is 0.696. The minimum Gasteiger partial charge on any atom is -0.497 e. The van der Waals surface area contributed by atoms with Gasteiger partial charge in [0.2, 0.25) is 0 Å². The fourth-order valence-corrected chi connectivity index (χ4v) is 2.78. The molecule has 0 amide bonds. The quantitative estimate of drug-likeness (QED) is 0.869. The SMILES string of the molecule is COc1ccc2[nH]c(=O)c(CN3CCO[C@@H](CN)C3)cc2c1. The van der Waals surface area contributed by atoms with E-state index >= 15 is 0 Å². The topological polar surface area (TPSA) is 80.6 Å². The Morgan fingerprint density at radius 2 is 2.32 bits per heavy atom. The molecule has 1 aromatic heterocycles. The molecular formula is C16H21N3O3. The Morgan fingerprint density at radius 3 is 3.09 bits per heavy atom. The van der Waals surface area contributed by atoms with Crippen molar-refractivity contribution in [2.45, 2.75) is 12.6 Å². The summed E-state index contributed by atoms with van der Waals surface area (Å²) >= 11 is 0. The van der Waals surface area contributed by atoms with Crippen LogP contribution in [0, 0.1) is 0 Å². The molecule has 1 atom stereocenters. The number of nitrogens with two attached hydrogens (primary N) is 1. The summed E-state index contributed by atoms with van der Waals surface area (Å²) in [6, 6.07) is 7.56. The Bertz CT molecular complexity index is 713. The molecule has 2 heterocycles. The molecule has 2 aromatic rings. The van der Waals surface area contributed by atoms with Gasteiger partial charge in [0, 0.05) is 42.6 Å². The highest BCUT2D eigenvalue weighted by molar-refractivity contribution is 5.80. The van der Waals surface area contributed by atoms with Crippen LogP contribution in [0.1, 0.15) is 5.56 Å². The number of hydrogen-bond acceptors (Lipinski definition) is 5. The lowest BCUT2D eigenvalue weighted by Gasteiger charge is -2.32. The van der Waals surface area contributed by atoms with Crippen molar-refractivity contribution in [2.75, 3.05) is 33.4 Å². The number of pyridine rings is 1. The van der Waals surface area contributed by atoms with Crippen molar-refractivity contribution in [3.8, 4) is 5.75 Å². The molecule has 0 saturated carbocycles. The molecule has 1 aromatic carbocycles. The van der Waals surface area contributed by atoms with E-state index < -0.39 is 0 Å². The molecule has 0 unspecified atom stereocenters. The number of aromatic amines is 1. The van der Waals surface area contributed by atoms with Crippen LogP contribution in [0.4, 0.5) is 0 Å². The van der Waals surface area contributed by atoms with Gasteiger partial charge in [-0.3, -0.25) is 9.69 Å². The maximum Gasteiger partial charge on any atom is 0.252 e. The number of nitrogens with one attached hydrogen (secondary N) is 1. The van der Waals surface area contributed by atoms with E-state index in [1.807, 2.05) is 24.3 Å². The average molecular weight is 303 g/mol. The second-order valence-electron chi connectivity index (χ2n) is 5.54. The number of methoxy groups -OCH3 is 1. The van der Waals surface area contributed by atoms with Gasteiger partial charge in [0.25, 0.3) is 5.56 Å². The zero-order valence-corrected chi connectivity index (χ0v) is 12.7. The molecule has 22 heavy (non-hydrogen) atoms. The monoisotopic (exact) mass is 303 g/mol. The van der Waals surface area contributed by atoms with Crippen molar-refractivity contribution in [3.05, 3.63) is 40.2 Å². The molecule has 3 rings (SSSR count). The van der Waals surface area contributed by atoms with Crippen molar-refractivity contribution in [1.82, 2.24) is 9.88 Å². The van der Waals surface area contributed by atoms with Crippen LogP contribution in [0.3, 0.4) is 0 Å². The highest BCUT2D eigenvalue weighted by atomic mass is 16.5. The lowest BCUT2D eigenvalue weighted by atomic mass is 10.1. The zero-order valence-electron chi connectivity index (χ0n) is 12.7. The van der Waals surface area contributed by atoms with Crippen molar-refractivity contribution in [2.24, 2.45) is 5.73 Å². The normalized spacial score (nSPS) is 19.5. The van der Waals surface area contributed by atoms with Crippen LogP contribution >= 0.6 is 0 Å². The predicted molar refractivity (Wildman–Crippen MR) is 85.2 cm³/mol. The van der Waals surface area contributed by atoms with Gasteiger partial charge < -0.3 is 20.2 Å². The van der Waals surface area contributed by atoms with Gasteiger partial charge in [0.15, 0.2) is 0 Å². The molecule has 0 aliphatic carbocycles. The number of rotatable bonds is 4. The molecule has 0 spiro atoms. The molecule has 1 aliphatic rings. The molecule has 6 heteroatoms. The van der Waals surface area contributed by atoms with Crippen LogP contribution in [-0.2, 0) is 11.3 Å². The van der Waals surface area contributed by atoms with Crippen LogP contribution in [0.15, 0.2) is 29.1 Å². The summed E-state index contributed by atoms with van der Waals surface area (Å²) in [6.45, 7) is 3.32. The number of morpholine rings is 1. The molecule has 1 aliphatic heterocycles. The fourth-order valence-electron chi connectivity index (χ4n) is 2.78. The zero-order chi connectivity index (χ0) is 15.5. The fraction of sp³-hybridized carbons (Fsp3) is 0.438. The summed E-state index contributed by atoms with van der Waals surface area (Å²) in [6.07, 6.45) is 0.0494. The Kier molecular flexibility index (Phi) is 4.42. The van der Waals surface area contributed by atoms with Gasteiger partial charge in [0.1, 0.15) is 5.75 Å². The molecule has 3 N–H and O–H groups in total. The first-order valence-corrected chi connectivity index (χ1v) is 7.43. The van der Waals surface area contributed by atoms with E-state index in [0.717, 1.165) is 35.3 Å². The summed E-state index contributed by atoms with van der Waals surface area (Å²) < 4.78 is 10.8. The van der Waals surface area contributed by atoms with Crippen molar-refractivity contribution < 1.29 is 9.47 Å². The Morgan fingerprint density at radius 1 is 1.45 bits per heavy atom. The number of benzene rings is 1. The molecule has 1 fully saturated rings. The second kappa shape index (κ2) is 6.48. The van der Waals surface area contributed by atoms with Gasteiger partial charge in [-0.25, -0.2) is 0 Å². The molecule has 0 bridgehead atoms. The van der Waals surface area contributed by atoms with Crippen LogP contribution in [0.2, 0.25) is 0 Å². The average Bonchev–Trinajstić information content (AvgIpc) is 2.55. The first kappa shape index (κ1) is 15.0. The van der Waals surface area contributed by atoms with E-state index in [-0.39, 0.29) is 11.7 Å². The summed E-state index contributed by atoms with van der Waals surface area (Å²) in [7, 11) is 1.63. The summed E-state index contributed by atoms with van der Waals surface area (Å²) in [5.74, 6) is 0.778. The third-order valence-corrected chi connectivity index (χ3v) is 4.01. The number of ether oxygens (including phenoxy) is 2.